The molecule has 548 valence electrons. The van der Waals surface area contributed by atoms with Crippen molar-refractivity contribution >= 4 is 47.4 Å². The zero-order valence-corrected chi connectivity index (χ0v) is 54.3. The number of aliphatic hydroxyl groups is 12. The summed E-state index contributed by atoms with van der Waals surface area (Å²) >= 11 is 0. The lowest BCUT2D eigenvalue weighted by Gasteiger charge is -2.57. The van der Waals surface area contributed by atoms with E-state index in [0.717, 1.165) is 24.2 Å². The highest BCUT2D eigenvalue weighted by atomic mass is 16.8. The highest BCUT2D eigenvalue weighted by Crippen LogP contribution is 2.51. The van der Waals surface area contributed by atoms with Crippen LogP contribution in [0.4, 0.5) is 0 Å². The van der Waals surface area contributed by atoms with Gasteiger partial charge in [0.05, 0.1) is 58.1 Å². The maximum Gasteiger partial charge on any atom is 0.246 e. The van der Waals surface area contributed by atoms with Gasteiger partial charge in [-0.2, -0.15) is 0 Å². The van der Waals surface area contributed by atoms with Crippen LogP contribution in [0.1, 0.15) is 63.5 Å². The van der Waals surface area contributed by atoms with E-state index in [1.165, 1.54) is 24.3 Å². The maximum atomic E-state index is 15.2. The Morgan fingerprint density at radius 1 is 0.636 bits per heavy atom. The van der Waals surface area contributed by atoms with Gasteiger partial charge in [-0.3, -0.25) is 38.8 Å². The molecule has 5 saturated heterocycles. The zero-order valence-electron chi connectivity index (χ0n) is 54.3. The first-order valence-corrected chi connectivity index (χ1v) is 32.7. The molecule has 1 aliphatic carbocycles. The molecule has 37 heteroatoms. The molecule has 8 aliphatic rings. The number of fused-ring (bicyclic) bond motifs is 1. The van der Waals surface area contributed by atoms with Crippen molar-refractivity contribution in [1.82, 2.24) is 42.1 Å². The van der Waals surface area contributed by atoms with E-state index in [0.29, 0.717) is 12.0 Å². The molecule has 6 amide bonds. The molecule has 26 unspecified atom stereocenters. The lowest BCUT2D eigenvalue weighted by atomic mass is 9.71. The third-order valence-corrected chi connectivity index (χ3v) is 19.7. The summed E-state index contributed by atoms with van der Waals surface area (Å²) in [5.41, 5.74) is 12.5. The summed E-state index contributed by atoms with van der Waals surface area (Å²) in [6, 6.07) is 1.10. The van der Waals surface area contributed by atoms with Gasteiger partial charge in [0.1, 0.15) is 121 Å². The number of hydrogen-bond acceptors (Lipinski definition) is 31. The molecule has 0 aromatic heterocycles. The fraction of sp³-hybridized carbons (Fsp3) is 0.677. The Balaban J connectivity index is 0.910. The largest absolute Gasteiger partial charge is 0.462 e. The van der Waals surface area contributed by atoms with E-state index in [2.05, 4.69) is 47.2 Å². The molecule has 23 N–H and O–H groups in total. The van der Waals surface area contributed by atoms with Gasteiger partial charge < -0.3 is 148 Å². The van der Waals surface area contributed by atoms with Gasteiger partial charge >= 0.3 is 0 Å². The van der Waals surface area contributed by atoms with Crippen LogP contribution in [-0.4, -0.2) is 312 Å². The van der Waals surface area contributed by atoms with Crippen LogP contribution in [0.2, 0.25) is 0 Å². The van der Waals surface area contributed by atoms with Gasteiger partial charge in [0.2, 0.25) is 41.7 Å². The molecule has 1 saturated carbocycles. The summed E-state index contributed by atoms with van der Waals surface area (Å²) < 4.78 is 42.4. The second kappa shape index (κ2) is 31.4. The molecule has 7 heterocycles. The van der Waals surface area contributed by atoms with Crippen LogP contribution in [0.15, 0.2) is 64.6 Å². The Bertz CT molecular complexity index is 3230. The molecule has 2 aromatic rings. The van der Waals surface area contributed by atoms with Crippen molar-refractivity contribution in [3.8, 4) is 5.75 Å². The van der Waals surface area contributed by atoms with Gasteiger partial charge in [-0.15, -0.1) is 0 Å². The Labute approximate surface area is 566 Å². The normalized spacial score (nSPS) is 39.0. The lowest BCUT2D eigenvalue weighted by molar-refractivity contribution is -0.425. The number of nitrogens with one attached hydrogen (secondary N) is 7. The number of carbonyl (C=O) groups excluding carboxylic acids is 6. The minimum Gasteiger partial charge on any atom is -0.462 e. The van der Waals surface area contributed by atoms with Crippen molar-refractivity contribution in [3.63, 3.8) is 0 Å². The van der Waals surface area contributed by atoms with Gasteiger partial charge in [-0.1, -0.05) is 69.7 Å². The number of guanidine groups is 2. The molecule has 1 spiro atoms. The Kier molecular flexibility index (Phi) is 23.7. The molecule has 99 heavy (non-hydrogen) atoms. The second-order valence-corrected chi connectivity index (χ2v) is 26.6. The van der Waals surface area contributed by atoms with Crippen molar-refractivity contribution in [2.45, 2.75) is 211 Å². The van der Waals surface area contributed by atoms with Crippen LogP contribution in [0, 0.1) is 5.41 Å². The number of ether oxygens (including phenoxy) is 7. The number of amides is 6. The van der Waals surface area contributed by atoms with E-state index in [-0.39, 0.29) is 30.4 Å². The summed E-state index contributed by atoms with van der Waals surface area (Å²) in [6.45, 7) is 0.935. The minimum absolute atomic E-state index is 0.0301. The number of rotatable bonds is 16. The van der Waals surface area contributed by atoms with Crippen molar-refractivity contribution in [3.05, 3.63) is 65.7 Å². The van der Waals surface area contributed by atoms with Crippen LogP contribution in [0.5, 0.6) is 5.75 Å². The summed E-state index contributed by atoms with van der Waals surface area (Å²) in [5, 5.41) is 151. The molecule has 26 atom stereocenters. The maximum absolute atomic E-state index is 15.2. The number of benzene rings is 2. The fourth-order valence-corrected chi connectivity index (χ4v) is 13.7. The van der Waals surface area contributed by atoms with Gasteiger partial charge in [0.25, 0.3) is 0 Å². The lowest BCUT2D eigenvalue weighted by Crippen LogP contribution is -2.70. The van der Waals surface area contributed by atoms with E-state index >= 15 is 9.59 Å². The van der Waals surface area contributed by atoms with E-state index in [9.17, 15) is 80.5 Å². The second-order valence-electron chi connectivity index (χ2n) is 26.6. The SMILES string of the molecule is CC(c1ccccc1)C1NC(=O)CNC(=O)C(CO)NC(=O)C(C(O)C2CN=C(N)N2C2OC(CO)C(O)C(O)C2O)NC(=O)C(C(O)C2CN=C(N)N2)NC(=O)C(Cc2ccc(OC3OC(CO)C(OC4OC5COC6(CCCCC6(C)C)OC5C(O)C4O)C(O)C3O)cc2)NC1=O. The molecule has 0 bridgehead atoms. The van der Waals surface area contributed by atoms with Crippen LogP contribution in [-0.2, 0) is 63.6 Å². The molecule has 10 rings (SSSR count). The number of hydrogen-bond donors (Lipinski definition) is 21. The first kappa shape index (κ1) is 74.6. The van der Waals surface area contributed by atoms with Crippen LogP contribution in [0.3, 0.4) is 0 Å². The number of nitrogens with zero attached hydrogens (tertiary/aromatic N) is 3. The molecular formula is C62H90N12O25. The van der Waals surface area contributed by atoms with Crippen molar-refractivity contribution in [2.24, 2.45) is 26.9 Å². The molecule has 0 radical (unpaired) electrons. The third-order valence-electron chi connectivity index (χ3n) is 19.7. The monoisotopic (exact) mass is 1400 g/mol. The Morgan fingerprint density at radius 2 is 1.28 bits per heavy atom. The standard InChI is InChI=1S/C62H90N12O25/c1-25(27-9-5-4-6-10-27)37-53(90)68-29(17-26-11-13-28(14-12-26)94-57-47(86)44(83)49(34(23-77)96-57)98-58-48(87)45(84)50-35(97-58)24-93-62(99-50)16-8-7-15-61(62,2)3)52(89)72-38(40(79)30-18-66-59(63)70-30)55(92)73-39(54(91)69-31(21-75)51(88)65-20-36(78)71-37)41(80)32-19-67-60(64)74(32)56-46(85)43(82)42(81)33(22-76)95-56/h4-6,9-14,25,29-35,37-50,56-58,75-77,79-87H,7-8,15-24H2,1-3H3,(H2,64,67)(H,65,88)(H,68,90)(H,69,91)(H,71,78)(H,72,89)(H,73,92)(H3,63,66,70). The molecule has 6 fully saturated rings. The summed E-state index contributed by atoms with van der Waals surface area (Å²) in [4.78, 5) is 96.6. The third kappa shape index (κ3) is 15.8. The number of nitrogens with two attached hydrogens (primary N) is 2. The smallest absolute Gasteiger partial charge is 0.246 e. The van der Waals surface area contributed by atoms with Crippen molar-refractivity contribution < 1.29 is 123 Å². The molecular weight excluding hydrogens is 1310 g/mol. The highest BCUT2D eigenvalue weighted by molar-refractivity contribution is 5.98. The topological polar surface area (TPSA) is 574 Å². The zero-order chi connectivity index (χ0) is 71.5. The van der Waals surface area contributed by atoms with E-state index in [1.54, 1.807) is 37.3 Å². The van der Waals surface area contributed by atoms with Gasteiger partial charge in [-0.05, 0) is 36.1 Å². The Hall–Kier alpha value is -7.12. The molecule has 37 nitrogen and oxygen atoms in total. The average Bonchev–Trinajstić information content (AvgIpc) is 0.947. The predicted octanol–water partition coefficient (Wildman–Crippen LogP) is -10.3. The van der Waals surface area contributed by atoms with E-state index in [1.807, 2.05) is 13.8 Å². The van der Waals surface area contributed by atoms with Crippen LogP contribution < -0.4 is 53.4 Å². The van der Waals surface area contributed by atoms with Gasteiger partial charge in [0, 0.05) is 24.2 Å². The number of aliphatic hydroxyl groups excluding tert-OH is 12. The number of carbonyl (C=O) groups is 6. The molecule has 2 aromatic carbocycles. The van der Waals surface area contributed by atoms with Crippen LogP contribution in [0.25, 0.3) is 0 Å². The summed E-state index contributed by atoms with van der Waals surface area (Å²) in [7, 11) is 0. The summed E-state index contributed by atoms with van der Waals surface area (Å²) in [6.07, 6.45) is -26.3. The molecule has 7 aliphatic heterocycles. The Morgan fingerprint density at radius 3 is 1.95 bits per heavy atom. The van der Waals surface area contributed by atoms with Crippen molar-refractivity contribution in [1.29, 1.82) is 0 Å². The average molecular weight is 1400 g/mol. The van der Waals surface area contributed by atoms with E-state index in [4.69, 9.17) is 44.6 Å². The fourth-order valence-electron chi connectivity index (χ4n) is 13.7. The minimum atomic E-state index is -2.34. The van der Waals surface area contributed by atoms with Crippen LogP contribution >= 0.6 is 0 Å². The predicted molar refractivity (Wildman–Crippen MR) is 336 cm³/mol. The van der Waals surface area contributed by atoms with E-state index < -0.39 is 244 Å². The highest BCUT2D eigenvalue weighted by Gasteiger charge is 2.60. The van der Waals surface area contributed by atoms with Gasteiger partial charge in [0.15, 0.2) is 30.2 Å². The number of aliphatic imine (C=N–C) groups is 2. The first-order chi connectivity index (χ1) is 47.1. The van der Waals surface area contributed by atoms with Crippen molar-refractivity contribution in [2.75, 3.05) is 46.1 Å². The van der Waals surface area contributed by atoms with Gasteiger partial charge in [-0.25, -0.2) is 0 Å². The summed E-state index contributed by atoms with van der Waals surface area (Å²) in [5.74, 6) is -9.90. The first-order valence-electron chi connectivity index (χ1n) is 32.7. The quantitative estimate of drug-likeness (QED) is 0.0742.